The third kappa shape index (κ3) is 1.24. The van der Waals surface area contributed by atoms with Gasteiger partial charge in [0.15, 0.2) is 0 Å². The Bertz CT molecular complexity index is 586. The van der Waals surface area contributed by atoms with Crippen LogP contribution in [0.4, 0.5) is 0 Å². The molecular weight excluding hydrogens is 202 g/mol. The van der Waals surface area contributed by atoms with Gasteiger partial charge >= 0.3 is 0 Å². The Hall–Kier alpha value is -1.56. The molecule has 1 atom stereocenters. The molecule has 14 heavy (non-hydrogen) atoms. The number of pyridine rings is 1. The standard InChI is InChI=1S/C8H9N3O2S/c1-14(9,13)7-5-11(12)6-3-2-4-10-8(6)7/h2-5,9,12H,1H3. The molecule has 0 bridgehead atoms. The monoisotopic (exact) mass is 211 g/mol. The van der Waals surface area contributed by atoms with E-state index >= 15 is 0 Å². The fourth-order valence-corrected chi connectivity index (χ4v) is 2.13. The van der Waals surface area contributed by atoms with Crippen molar-refractivity contribution in [3.63, 3.8) is 0 Å². The molecule has 6 heteroatoms. The van der Waals surface area contributed by atoms with E-state index in [2.05, 4.69) is 4.98 Å². The Balaban J connectivity index is 2.93. The van der Waals surface area contributed by atoms with Gasteiger partial charge in [-0.3, -0.25) is 4.98 Å². The fourth-order valence-electron chi connectivity index (χ4n) is 1.30. The van der Waals surface area contributed by atoms with Gasteiger partial charge in [0.2, 0.25) is 0 Å². The van der Waals surface area contributed by atoms with Gasteiger partial charge in [-0.15, -0.1) is 0 Å². The van der Waals surface area contributed by atoms with Gasteiger partial charge in [-0.2, -0.15) is 4.73 Å². The summed E-state index contributed by atoms with van der Waals surface area (Å²) in [6.45, 7) is 0. The zero-order valence-corrected chi connectivity index (χ0v) is 8.28. The van der Waals surface area contributed by atoms with Crippen molar-refractivity contribution in [2.45, 2.75) is 4.90 Å². The molecule has 0 spiro atoms. The second kappa shape index (κ2) is 2.71. The molecule has 0 saturated heterocycles. The first-order valence-corrected chi connectivity index (χ1v) is 5.86. The van der Waals surface area contributed by atoms with Crippen molar-refractivity contribution in [2.24, 2.45) is 0 Å². The molecule has 74 valence electrons. The van der Waals surface area contributed by atoms with Crippen molar-refractivity contribution in [3.8, 4) is 0 Å². The summed E-state index contributed by atoms with van der Waals surface area (Å²) in [4.78, 5) is 4.25. The van der Waals surface area contributed by atoms with Gasteiger partial charge in [0.05, 0.1) is 20.8 Å². The van der Waals surface area contributed by atoms with Crippen molar-refractivity contribution in [3.05, 3.63) is 24.5 Å². The summed E-state index contributed by atoms with van der Waals surface area (Å²) in [5.41, 5.74) is 0.877. The van der Waals surface area contributed by atoms with Crippen LogP contribution in [0.5, 0.6) is 0 Å². The molecule has 2 rings (SSSR count). The number of hydrogen-bond donors (Lipinski definition) is 2. The second-order valence-electron chi connectivity index (χ2n) is 3.05. The zero-order chi connectivity index (χ0) is 10.3. The van der Waals surface area contributed by atoms with E-state index in [0.717, 1.165) is 4.73 Å². The third-order valence-corrected chi connectivity index (χ3v) is 3.06. The smallest absolute Gasteiger partial charge is 0.109 e. The van der Waals surface area contributed by atoms with E-state index in [0.29, 0.717) is 11.0 Å². The third-order valence-electron chi connectivity index (χ3n) is 1.93. The van der Waals surface area contributed by atoms with Crippen LogP contribution in [-0.2, 0) is 9.73 Å². The Labute approximate surface area is 80.9 Å². The van der Waals surface area contributed by atoms with Crippen LogP contribution in [0.25, 0.3) is 11.0 Å². The van der Waals surface area contributed by atoms with Crippen molar-refractivity contribution in [1.82, 2.24) is 9.71 Å². The number of rotatable bonds is 1. The summed E-state index contributed by atoms with van der Waals surface area (Å²) < 4.78 is 19.8. The number of nitrogens with zero attached hydrogens (tertiary/aromatic N) is 2. The molecule has 0 aliphatic heterocycles. The predicted octanol–water partition coefficient (Wildman–Crippen LogP) is 1.31. The van der Waals surface area contributed by atoms with E-state index in [4.69, 9.17) is 4.78 Å². The Kier molecular flexibility index (Phi) is 1.75. The molecule has 5 nitrogen and oxygen atoms in total. The lowest BCUT2D eigenvalue weighted by Gasteiger charge is -1.95. The van der Waals surface area contributed by atoms with Crippen molar-refractivity contribution in [2.75, 3.05) is 6.26 Å². The molecule has 0 saturated carbocycles. The highest BCUT2D eigenvalue weighted by molar-refractivity contribution is 7.92. The van der Waals surface area contributed by atoms with Gasteiger partial charge in [0, 0.05) is 12.5 Å². The van der Waals surface area contributed by atoms with E-state index in [9.17, 15) is 9.42 Å². The molecule has 1 unspecified atom stereocenters. The maximum absolute atomic E-state index is 11.5. The first-order chi connectivity index (χ1) is 6.50. The highest BCUT2D eigenvalue weighted by Gasteiger charge is 2.14. The molecular formula is C8H9N3O2S. The summed E-state index contributed by atoms with van der Waals surface area (Å²) in [6, 6.07) is 3.32. The van der Waals surface area contributed by atoms with E-state index < -0.39 is 9.73 Å². The molecule has 0 aliphatic carbocycles. The van der Waals surface area contributed by atoms with Crippen LogP contribution in [-0.4, -0.2) is 25.4 Å². The molecule has 0 radical (unpaired) electrons. The summed E-state index contributed by atoms with van der Waals surface area (Å²) >= 11 is 0. The van der Waals surface area contributed by atoms with Gasteiger partial charge in [0.1, 0.15) is 11.0 Å². The molecule has 2 aromatic rings. The quantitative estimate of drug-likeness (QED) is 0.698. The number of fused-ring (bicyclic) bond motifs is 1. The van der Waals surface area contributed by atoms with Crippen molar-refractivity contribution < 1.29 is 9.42 Å². The molecule has 0 amide bonds. The molecule has 2 heterocycles. The number of aromatic nitrogens is 2. The van der Waals surface area contributed by atoms with Crippen LogP contribution in [0.2, 0.25) is 0 Å². The Morgan fingerprint density at radius 2 is 2.36 bits per heavy atom. The van der Waals surface area contributed by atoms with E-state index in [1.807, 2.05) is 0 Å². The first kappa shape index (κ1) is 9.01. The van der Waals surface area contributed by atoms with Gasteiger partial charge in [0.25, 0.3) is 0 Å². The van der Waals surface area contributed by atoms with Gasteiger partial charge in [-0.1, -0.05) is 0 Å². The second-order valence-corrected chi connectivity index (χ2v) is 5.18. The normalized spacial score (nSPS) is 15.5. The molecule has 0 aliphatic rings. The van der Waals surface area contributed by atoms with E-state index in [1.165, 1.54) is 18.6 Å². The minimum Gasteiger partial charge on any atom is -0.428 e. The van der Waals surface area contributed by atoms with Crippen LogP contribution in [0, 0.1) is 4.78 Å². The summed E-state index contributed by atoms with van der Waals surface area (Å²) in [7, 11) is -2.85. The lowest BCUT2D eigenvalue weighted by atomic mass is 10.4. The van der Waals surface area contributed by atoms with Gasteiger partial charge in [-0.25, -0.2) is 8.99 Å². The largest absolute Gasteiger partial charge is 0.428 e. The predicted molar refractivity (Wildman–Crippen MR) is 52.0 cm³/mol. The number of nitrogens with one attached hydrogen (secondary N) is 1. The lowest BCUT2D eigenvalue weighted by molar-refractivity contribution is 0.199. The van der Waals surface area contributed by atoms with Crippen LogP contribution in [0.15, 0.2) is 29.4 Å². The zero-order valence-electron chi connectivity index (χ0n) is 7.47. The average Bonchev–Trinajstić information content (AvgIpc) is 2.44. The van der Waals surface area contributed by atoms with Crippen LogP contribution in [0.1, 0.15) is 0 Å². The maximum atomic E-state index is 11.5. The minimum atomic E-state index is -2.85. The first-order valence-electron chi connectivity index (χ1n) is 3.89. The molecule has 2 aromatic heterocycles. The number of hydrogen-bond acceptors (Lipinski definition) is 4. The average molecular weight is 211 g/mol. The summed E-state index contributed by atoms with van der Waals surface area (Å²) in [6.07, 6.45) is 4.11. The Morgan fingerprint density at radius 3 is 3.00 bits per heavy atom. The highest BCUT2D eigenvalue weighted by Crippen LogP contribution is 2.22. The van der Waals surface area contributed by atoms with Crippen molar-refractivity contribution in [1.29, 1.82) is 4.78 Å². The topological polar surface area (TPSA) is 79.0 Å². The van der Waals surface area contributed by atoms with Crippen LogP contribution < -0.4 is 0 Å². The van der Waals surface area contributed by atoms with Crippen LogP contribution in [0.3, 0.4) is 0 Å². The van der Waals surface area contributed by atoms with Crippen LogP contribution >= 0.6 is 0 Å². The fraction of sp³-hybridized carbons (Fsp3) is 0.125. The molecule has 0 fully saturated rings. The highest BCUT2D eigenvalue weighted by atomic mass is 32.2. The summed E-state index contributed by atoms with van der Waals surface area (Å²) in [5, 5.41) is 9.42. The SMILES string of the molecule is CS(=N)(=O)c1cn(O)c2cccnc12. The van der Waals surface area contributed by atoms with Gasteiger partial charge < -0.3 is 5.21 Å². The van der Waals surface area contributed by atoms with Gasteiger partial charge in [-0.05, 0) is 12.1 Å². The van der Waals surface area contributed by atoms with Crippen molar-refractivity contribution >= 4 is 20.8 Å². The van der Waals surface area contributed by atoms with E-state index in [-0.39, 0.29) is 4.90 Å². The lowest BCUT2D eigenvalue weighted by Crippen LogP contribution is -1.93. The van der Waals surface area contributed by atoms with E-state index in [1.54, 1.807) is 12.1 Å². The molecule has 0 aromatic carbocycles. The minimum absolute atomic E-state index is 0.260. The Morgan fingerprint density at radius 1 is 1.64 bits per heavy atom. The summed E-state index contributed by atoms with van der Waals surface area (Å²) in [5.74, 6) is 0. The molecule has 2 N–H and O–H groups in total. The maximum Gasteiger partial charge on any atom is 0.109 e.